The van der Waals surface area contributed by atoms with Gasteiger partial charge in [0.2, 0.25) is 0 Å². The molecule has 0 unspecified atom stereocenters. The molecule has 3 rings (SSSR count). The molecule has 1 saturated heterocycles. The van der Waals surface area contributed by atoms with Crippen molar-refractivity contribution in [1.29, 1.82) is 0 Å². The van der Waals surface area contributed by atoms with Gasteiger partial charge in [-0.3, -0.25) is 0 Å². The van der Waals surface area contributed by atoms with E-state index in [4.69, 9.17) is 9.31 Å². The Morgan fingerprint density at radius 3 is 1.95 bits per heavy atom. The number of fused-ring (bicyclic) bond motifs is 1. The first-order valence-corrected chi connectivity index (χ1v) is 10.4. The molecule has 0 spiro atoms. The molecule has 0 atom stereocenters. The van der Waals surface area contributed by atoms with Gasteiger partial charge in [-0.25, -0.2) is 0 Å². The van der Waals surface area contributed by atoms with Gasteiger partial charge in [-0.2, -0.15) is 0 Å². The molecule has 1 aliphatic rings. The first-order valence-electron chi connectivity index (χ1n) is 7.91. The molecule has 22 heavy (non-hydrogen) atoms. The number of rotatable bonds is 2. The highest BCUT2D eigenvalue weighted by Gasteiger charge is 2.52. The molecule has 4 heteroatoms. The predicted molar refractivity (Wildman–Crippen MR) is 96.8 cm³/mol. The molecule has 115 valence electrons. The van der Waals surface area contributed by atoms with Gasteiger partial charge in [-0.15, -0.1) is 0 Å². The zero-order chi connectivity index (χ0) is 16.1. The van der Waals surface area contributed by atoms with E-state index in [2.05, 4.69) is 77.2 Å². The van der Waals surface area contributed by atoms with Crippen LogP contribution in [0.25, 0.3) is 10.8 Å². The van der Waals surface area contributed by atoms with Crippen LogP contribution in [0.2, 0.25) is 13.1 Å². The van der Waals surface area contributed by atoms with E-state index in [-0.39, 0.29) is 18.3 Å². The van der Waals surface area contributed by atoms with Crippen molar-refractivity contribution in [3.8, 4) is 0 Å². The van der Waals surface area contributed by atoms with Gasteiger partial charge < -0.3 is 9.31 Å². The molecule has 0 N–H and O–H groups in total. The minimum absolute atomic E-state index is 0.295. The second-order valence-electron chi connectivity index (χ2n) is 7.34. The third-order valence-corrected chi connectivity index (χ3v) is 6.48. The molecule has 1 aliphatic heterocycles. The van der Waals surface area contributed by atoms with Gasteiger partial charge in [0.1, 0.15) is 0 Å². The van der Waals surface area contributed by atoms with Gasteiger partial charge in [-0.05, 0) is 43.9 Å². The topological polar surface area (TPSA) is 18.5 Å². The van der Waals surface area contributed by atoms with Crippen LogP contribution in [0, 0.1) is 0 Å². The maximum Gasteiger partial charge on any atom is 0.495 e. The molecular formula is C18H24BO2Si. The fourth-order valence-electron chi connectivity index (χ4n) is 2.95. The van der Waals surface area contributed by atoms with Gasteiger partial charge in [-0.1, -0.05) is 54.7 Å². The van der Waals surface area contributed by atoms with Crippen LogP contribution in [-0.4, -0.2) is 27.1 Å². The first-order chi connectivity index (χ1) is 10.2. The van der Waals surface area contributed by atoms with E-state index in [1.54, 1.807) is 0 Å². The highest BCUT2D eigenvalue weighted by atomic mass is 28.3. The first kappa shape index (κ1) is 15.8. The lowest BCUT2D eigenvalue weighted by atomic mass is 9.76. The summed E-state index contributed by atoms with van der Waals surface area (Å²) in [6.07, 6.45) is 0. The van der Waals surface area contributed by atoms with Crippen molar-refractivity contribution in [2.75, 3.05) is 0 Å². The lowest BCUT2D eigenvalue weighted by Gasteiger charge is -2.32. The Morgan fingerprint density at radius 2 is 1.41 bits per heavy atom. The third-order valence-electron chi connectivity index (χ3n) is 4.98. The molecule has 0 bridgehead atoms. The summed E-state index contributed by atoms with van der Waals surface area (Å²) in [4.78, 5) is 0. The predicted octanol–water partition coefficient (Wildman–Crippen LogP) is 3.10. The van der Waals surface area contributed by atoms with Crippen molar-refractivity contribution in [1.82, 2.24) is 0 Å². The summed E-state index contributed by atoms with van der Waals surface area (Å²) in [5, 5.41) is 4.05. The summed E-state index contributed by atoms with van der Waals surface area (Å²) in [6.45, 7) is 13.1. The molecular weight excluding hydrogens is 287 g/mol. The Bertz CT molecular complexity index is 688. The van der Waals surface area contributed by atoms with Crippen LogP contribution in [0.5, 0.6) is 0 Å². The molecule has 1 radical (unpaired) electrons. The molecule has 1 fully saturated rings. The fourth-order valence-corrected chi connectivity index (χ4v) is 4.17. The summed E-state index contributed by atoms with van der Waals surface area (Å²) in [5.74, 6) is 0. The van der Waals surface area contributed by atoms with E-state index < -0.39 is 8.80 Å². The van der Waals surface area contributed by atoms with Crippen LogP contribution in [0.15, 0.2) is 36.4 Å². The third kappa shape index (κ3) is 2.43. The average molecular weight is 311 g/mol. The highest BCUT2D eigenvalue weighted by Crippen LogP contribution is 2.36. The van der Waals surface area contributed by atoms with Crippen molar-refractivity contribution in [2.45, 2.75) is 52.0 Å². The highest BCUT2D eigenvalue weighted by molar-refractivity contribution is 6.76. The Morgan fingerprint density at radius 1 is 0.864 bits per heavy atom. The van der Waals surface area contributed by atoms with Crippen LogP contribution in [0.4, 0.5) is 0 Å². The van der Waals surface area contributed by atoms with E-state index in [1.807, 2.05) is 0 Å². The Balaban J connectivity index is 2.17. The second kappa shape index (κ2) is 5.22. The largest absolute Gasteiger partial charge is 0.495 e. The molecule has 2 aromatic carbocycles. The molecule has 0 amide bonds. The summed E-state index contributed by atoms with van der Waals surface area (Å²) in [6, 6.07) is 13.0. The standard InChI is InChI=1S/C18H24BO2Si/c1-17(2)18(3,4)21-19(20-17)14-11-7-9-13-10-8-12-15(16(13)14)22(5)6/h7-12H,1-6H3. The smallest absolute Gasteiger partial charge is 0.399 e. The van der Waals surface area contributed by atoms with Crippen molar-refractivity contribution >= 4 is 37.3 Å². The van der Waals surface area contributed by atoms with E-state index in [0.29, 0.717) is 0 Å². The number of benzene rings is 2. The van der Waals surface area contributed by atoms with Gasteiger partial charge >= 0.3 is 7.12 Å². The van der Waals surface area contributed by atoms with Crippen LogP contribution in [0.3, 0.4) is 0 Å². The van der Waals surface area contributed by atoms with Crippen LogP contribution < -0.4 is 10.6 Å². The van der Waals surface area contributed by atoms with Gasteiger partial charge in [0.05, 0.1) is 20.0 Å². The molecule has 2 aromatic rings. The maximum absolute atomic E-state index is 6.28. The normalized spacial score (nSPS) is 20.0. The van der Waals surface area contributed by atoms with Crippen LogP contribution >= 0.6 is 0 Å². The zero-order valence-electron chi connectivity index (χ0n) is 14.4. The zero-order valence-corrected chi connectivity index (χ0v) is 15.4. The van der Waals surface area contributed by atoms with Crippen molar-refractivity contribution < 1.29 is 9.31 Å². The Labute approximate surface area is 135 Å². The minimum Gasteiger partial charge on any atom is -0.399 e. The van der Waals surface area contributed by atoms with E-state index in [0.717, 1.165) is 5.46 Å². The molecule has 2 nitrogen and oxygen atoms in total. The summed E-state index contributed by atoms with van der Waals surface area (Å²) < 4.78 is 12.6. The fraction of sp³-hybridized carbons (Fsp3) is 0.444. The average Bonchev–Trinajstić information content (AvgIpc) is 2.66. The lowest BCUT2D eigenvalue weighted by Crippen LogP contribution is -2.41. The molecule has 0 saturated carbocycles. The molecule has 0 aromatic heterocycles. The quantitative estimate of drug-likeness (QED) is 0.794. The summed E-state index contributed by atoms with van der Waals surface area (Å²) in [7, 11) is -0.851. The Hall–Kier alpha value is -1.10. The maximum atomic E-state index is 6.28. The van der Waals surface area contributed by atoms with Crippen LogP contribution in [-0.2, 0) is 9.31 Å². The summed E-state index contributed by atoms with van der Waals surface area (Å²) in [5.41, 5.74) is 0.556. The van der Waals surface area contributed by atoms with Crippen molar-refractivity contribution in [3.63, 3.8) is 0 Å². The lowest BCUT2D eigenvalue weighted by molar-refractivity contribution is 0.00578. The number of hydrogen-bond acceptors (Lipinski definition) is 2. The Kier molecular flexibility index (Phi) is 3.75. The van der Waals surface area contributed by atoms with Gasteiger partial charge in [0.25, 0.3) is 0 Å². The SMILES string of the molecule is C[Si](C)c1cccc2cccc(B3OC(C)(C)C(C)(C)O3)c12. The summed E-state index contributed by atoms with van der Waals surface area (Å²) >= 11 is 0. The monoisotopic (exact) mass is 311 g/mol. The van der Waals surface area contributed by atoms with E-state index in [1.165, 1.54) is 16.0 Å². The molecule has 1 heterocycles. The van der Waals surface area contributed by atoms with Crippen molar-refractivity contribution in [2.24, 2.45) is 0 Å². The van der Waals surface area contributed by atoms with Crippen molar-refractivity contribution in [3.05, 3.63) is 36.4 Å². The van der Waals surface area contributed by atoms with E-state index >= 15 is 0 Å². The molecule has 0 aliphatic carbocycles. The minimum atomic E-state index is -0.556. The number of hydrogen-bond donors (Lipinski definition) is 0. The second-order valence-corrected chi connectivity index (χ2v) is 9.88. The van der Waals surface area contributed by atoms with Gasteiger partial charge in [0.15, 0.2) is 0 Å². The van der Waals surface area contributed by atoms with E-state index in [9.17, 15) is 0 Å². The van der Waals surface area contributed by atoms with Gasteiger partial charge in [0, 0.05) is 0 Å². The van der Waals surface area contributed by atoms with Crippen LogP contribution in [0.1, 0.15) is 27.7 Å².